The highest BCUT2D eigenvalue weighted by atomic mass is 79.9. The molecule has 0 aliphatic carbocycles. The molecule has 8 heteroatoms. The van der Waals surface area contributed by atoms with Crippen LogP contribution in [0, 0.1) is 0 Å². The van der Waals surface area contributed by atoms with Gasteiger partial charge in [0.2, 0.25) is 0 Å². The third-order valence-electron chi connectivity index (χ3n) is 2.78. The van der Waals surface area contributed by atoms with E-state index in [1.54, 1.807) is 17.5 Å². The fourth-order valence-corrected chi connectivity index (χ4v) is 5.04. The van der Waals surface area contributed by atoms with Gasteiger partial charge in [-0.2, -0.15) is 11.8 Å². The summed E-state index contributed by atoms with van der Waals surface area (Å²) in [6.45, 7) is 0. The molecule has 1 aliphatic rings. The molecule has 0 fully saturated rings. The Morgan fingerprint density at radius 2 is 2.25 bits per heavy atom. The van der Waals surface area contributed by atoms with Gasteiger partial charge in [0.1, 0.15) is 9.21 Å². The average molecular weight is 435 g/mol. The maximum absolute atomic E-state index is 12.3. The highest BCUT2D eigenvalue weighted by molar-refractivity contribution is 9.11. The third kappa shape index (κ3) is 3.08. The largest absolute Gasteiger partial charge is 0.304 e. The van der Waals surface area contributed by atoms with E-state index < -0.39 is 0 Å². The van der Waals surface area contributed by atoms with Gasteiger partial charge < -0.3 is 5.32 Å². The molecule has 3 rings (SSSR count). The van der Waals surface area contributed by atoms with Crippen LogP contribution in [0.5, 0.6) is 0 Å². The molecular weight excluding hydrogens is 426 g/mol. The smallest absolute Gasteiger partial charge is 0.266 e. The first-order valence-electron chi connectivity index (χ1n) is 5.82. The lowest BCUT2D eigenvalue weighted by Crippen LogP contribution is -2.12. The van der Waals surface area contributed by atoms with Gasteiger partial charge in [0.15, 0.2) is 5.82 Å². The minimum Gasteiger partial charge on any atom is -0.304 e. The van der Waals surface area contributed by atoms with Crippen LogP contribution in [0.4, 0.5) is 5.82 Å². The number of halogens is 2. The second kappa shape index (κ2) is 6.13. The fraction of sp³-hybridized carbons (Fsp3) is 0.250. The molecule has 1 amide bonds. The number of aryl methyl sites for hydroxylation is 1. The number of carbonyl (C=O) groups excluding carboxylic acids is 1. The van der Waals surface area contributed by atoms with E-state index in [2.05, 4.69) is 47.1 Å². The topological polar surface area (TPSA) is 54.9 Å². The molecule has 2 aromatic rings. The first-order valence-corrected chi connectivity index (χ1v) is 9.38. The molecule has 20 heavy (non-hydrogen) atoms. The Bertz CT molecular complexity index is 651. The fourth-order valence-electron chi connectivity index (χ4n) is 1.86. The molecule has 104 valence electrons. The Morgan fingerprint density at radius 3 is 3.00 bits per heavy atom. The summed E-state index contributed by atoms with van der Waals surface area (Å²) in [4.78, 5) is 22.6. The van der Waals surface area contributed by atoms with Crippen LogP contribution in [0.15, 0.2) is 21.5 Å². The maximum atomic E-state index is 12.3. The van der Waals surface area contributed by atoms with Crippen molar-refractivity contribution in [3.05, 3.63) is 36.8 Å². The summed E-state index contributed by atoms with van der Waals surface area (Å²) in [5, 5.41) is 2.79. The van der Waals surface area contributed by atoms with E-state index in [1.807, 2.05) is 17.8 Å². The zero-order valence-electron chi connectivity index (χ0n) is 10.2. The van der Waals surface area contributed by atoms with E-state index in [9.17, 15) is 4.79 Å². The van der Waals surface area contributed by atoms with Gasteiger partial charge in [0, 0.05) is 10.6 Å². The van der Waals surface area contributed by atoms with Crippen molar-refractivity contribution < 1.29 is 4.79 Å². The SMILES string of the molecule is O=C(Nc1ncc(Br)nc1Br)c1cc2c(s1)CCSC2. The van der Waals surface area contributed by atoms with Gasteiger partial charge in [-0.25, -0.2) is 9.97 Å². The number of hydrogen-bond acceptors (Lipinski definition) is 5. The van der Waals surface area contributed by atoms with E-state index in [0.29, 0.717) is 15.0 Å². The highest BCUT2D eigenvalue weighted by Gasteiger charge is 2.18. The standard InChI is InChI=1S/C12H9Br2N3OS2/c13-9-4-15-11(10(14)16-9)17-12(18)8-3-6-5-19-2-1-7(6)20-8/h3-4H,1-2,5H2,(H,15,17,18). The summed E-state index contributed by atoms with van der Waals surface area (Å²) >= 11 is 10.0. The van der Waals surface area contributed by atoms with Crippen LogP contribution in [0.2, 0.25) is 0 Å². The van der Waals surface area contributed by atoms with Crippen LogP contribution in [-0.4, -0.2) is 21.6 Å². The molecule has 4 nitrogen and oxygen atoms in total. The predicted octanol–water partition coefficient (Wildman–Crippen LogP) is 4.10. The van der Waals surface area contributed by atoms with Crippen LogP contribution in [0.1, 0.15) is 20.1 Å². The number of fused-ring (bicyclic) bond motifs is 1. The second-order valence-corrected chi connectivity index (χ2v) is 7.95. The normalized spacial score (nSPS) is 13.9. The van der Waals surface area contributed by atoms with Crippen LogP contribution < -0.4 is 5.32 Å². The number of thiophene rings is 1. The summed E-state index contributed by atoms with van der Waals surface area (Å²) in [7, 11) is 0. The van der Waals surface area contributed by atoms with Crippen molar-refractivity contribution in [2.45, 2.75) is 12.2 Å². The van der Waals surface area contributed by atoms with Gasteiger partial charge in [-0.3, -0.25) is 4.79 Å². The van der Waals surface area contributed by atoms with Crippen molar-refractivity contribution in [2.75, 3.05) is 11.1 Å². The zero-order chi connectivity index (χ0) is 14.1. The quantitative estimate of drug-likeness (QED) is 0.772. The molecule has 0 spiro atoms. The number of amides is 1. The van der Waals surface area contributed by atoms with E-state index in [-0.39, 0.29) is 5.91 Å². The number of aromatic nitrogens is 2. The summed E-state index contributed by atoms with van der Waals surface area (Å²) in [6.07, 6.45) is 2.61. The second-order valence-electron chi connectivity index (χ2n) is 4.15. The van der Waals surface area contributed by atoms with Crippen molar-refractivity contribution >= 4 is 66.7 Å². The van der Waals surface area contributed by atoms with Crippen LogP contribution in [0.25, 0.3) is 0 Å². The molecule has 0 aromatic carbocycles. The van der Waals surface area contributed by atoms with Crippen molar-refractivity contribution in [3.8, 4) is 0 Å². The van der Waals surface area contributed by atoms with Gasteiger partial charge in [0.05, 0.1) is 11.1 Å². The summed E-state index contributed by atoms with van der Waals surface area (Å²) in [5.41, 5.74) is 1.29. The van der Waals surface area contributed by atoms with Crippen molar-refractivity contribution in [1.29, 1.82) is 0 Å². The first-order chi connectivity index (χ1) is 9.63. The molecule has 1 N–H and O–H groups in total. The molecule has 0 bridgehead atoms. The van der Waals surface area contributed by atoms with Crippen molar-refractivity contribution in [3.63, 3.8) is 0 Å². The maximum Gasteiger partial charge on any atom is 0.266 e. The molecule has 1 aliphatic heterocycles. The Balaban J connectivity index is 1.80. The van der Waals surface area contributed by atoms with Crippen molar-refractivity contribution in [2.24, 2.45) is 0 Å². The number of thioether (sulfide) groups is 1. The van der Waals surface area contributed by atoms with Crippen LogP contribution in [0.3, 0.4) is 0 Å². The number of anilines is 1. The van der Waals surface area contributed by atoms with E-state index in [0.717, 1.165) is 22.8 Å². The molecule has 0 atom stereocenters. The third-order valence-corrected chi connectivity index (χ3v) is 5.96. The summed E-state index contributed by atoms with van der Waals surface area (Å²) < 4.78 is 1.13. The van der Waals surface area contributed by atoms with E-state index in [1.165, 1.54) is 10.4 Å². The minimum atomic E-state index is -0.133. The molecule has 0 saturated heterocycles. The molecule has 0 radical (unpaired) electrons. The lowest BCUT2D eigenvalue weighted by atomic mass is 10.2. The predicted molar refractivity (Wildman–Crippen MR) is 89.6 cm³/mol. The Kier molecular flexibility index (Phi) is 4.44. The Labute approximate surface area is 141 Å². The zero-order valence-corrected chi connectivity index (χ0v) is 15.0. The van der Waals surface area contributed by atoms with Crippen molar-refractivity contribution in [1.82, 2.24) is 9.97 Å². The van der Waals surface area contributed by atoms with Crippen LogP contribution >= 0.6 is 55.0 Å². The average Bonchev–Trinajstić information content (AvgIpc) is 2.86. The lowest BCUT2D eigenvalue weighted by molar-refractivity contribution is 0.103. The van der Waals surface area contributed by atoms with E-state index >= 15 is 0 Å². The summed E-state index contributed by atoms with van der Waals surface area (Å²) in [5.74, 6) is 2.44. The molecule has 0 saturated carbocycles. The number of carbonyl (C=O) groups is 1. The van der Waals surface area contributed by atoms with Gasteiger partial charge in [-0.05, 0) is 55.7 Å². The van der Waals surface area contributed by atoms with Gasteiger partial charge in [0.25, 0.3) is 5.91 Å². The van der Waals surface area contributed by atoms with Crippen LogP contribution in [-0.2, 0) is 12.2 Å². The number of rotatable bonds is 2. The highest BCUT2D eigenvalue weighted by Crippen LogP contribution is 2.32. The van der Waals surface area contributed by atoms with Gasteiger partial charge in [-0.1, -0.05) is 0 Å². The monoisotopic (exact) mass is 433 g/mol. The Hall–Kier alpha value is -0.440. The van der Waals surface area contributed by atoms with Gasteiger partial charge in [-0.15, -0.1) is 11.3 Å². The number of nitrogens with zero attached hydrogens (tertiary/aromatic N) is 2. The number of hydrogen-bond donors (Lipinski definition) is 1. The molecule has 0 unspecified atom stereocenters. The molecule has 2 aromatic heterocycles. The first kappa shape index (κ1) is 14.5. The molecule has 3 heterocycles. The summed E-state index contributed by atoms with van der Waals surface area (Å²) in [6, 6.07) is 1.99. The van der Waals surface area contributed by atoms with E-state index in [4.69, 9.17) is 0 Å². The molecular formula is C12H9Br2N3OS2. The lowest BCUT2D eigenvalue weighted by Gasteiger charge is -2.08. The Morgan fingerprint density at radius 1 is 1.40 bits per heavy atom. The van der Waals surface area contributed by atoms with Gasteiger partial charge >= 0.3 is 0 Å². The number of nitrogens with one attached hydrogen (secondary N) is 1. The minimum absolute atomic E-state index is 0.133.